The molecule has 1 aromatic rings. The summed E-state index contributed by atoms with van der Waals surface area (Å²) in [6, 6.07) is 4.34. The fourth-order valence-corrected chi connectivity index (χ4v) is 2.75. The van der Waals surface area contributed by atoms with Crippen molar-refractivity contribution in [1.29, 1.82) is 0 Å². The first kappa shape index (κ1) is 17.5. The van der Waals surface area contributed by atoms with Crippen molar-refractivity contribution in [2.75, 3.05) is 33.4 Å². The average Bonchev–Trinajstić information content (AvgIpc) is 3.01. The molecule has 0 aliphatic carbocycles. The lowest BCUT2D eigenvalue weighted by Crippen LogP contribution is -2.39. The van der Waals surface area contributed by atoms with Crippen LogP contribution in [0.4, 0.5) is 9.18 Å². The lowest BCUT2D eigenvalue weighted by molar-refractivity contribution is 0.113. The van der Waals surface area contributed by atoms with E-state index in [2.05, 4.69) is 5.32 Å². The zero-order chi connectivity index (χ0) is 16.8. The molecular weight excluding hydrogens is 299 g/mol. The fourth-order valence-electron chi connectivity index (χ4n) is 2.75. The summed E-state index contributed by atoms with van der Waals surface area (Å²) in [5.74, 6) is 0.170. The van der Waals surface area contributed by atoms with Crippen LogP contribution in [0.2, 0.25) is 0 Å². The molecule has 5 nitrogen and oxygen atoms in total. The monoisotopic (exact) mass is 324 g/mol. The molecule has 1 fully saturated rings. The highest BCUT2D eigenvalue weighted by Crippen LogP contribution is 2.22. The summed E-state index contributed by atoms with van der Waals surface area (Å²) in [5.41, 5.74) is 0.710. The van der Waals surface area contributed by atoms with Gasteiger partial charge in [-0.05, 0) is 38.0 Å². The van der Waals surface area contributed by atoms with E-state index in [9.17, 15) is 9.18 Å². The molecular formula is C17H25FN2O3. The predicted octanol–water partition coefficient (Wildman–Crippen LogP) is 2.96. The molecule has 0 bridgehead atoms. The molecule has 1 N–H and O–H groups in total. The van der Waals surface area contributed by atoms with Crippen LogP contribution in [0.1, 0.15) is 31.9 Å². The molecule has 2 amide bonds. The zero-order valence-electron chi connectivity index (χ0n) is 14.0. The van der Waals surface area contributed by atoms with Crippen molar-refractivity contribution < 1.29 is 18.7 Å². The molecule has 1 aliphatic rings. The third-order valence-corrected chi connectivity index (χ3v) is 4.15. The average molecular weight is 324 g/mol. The summed E-state index contributed by atoms with van der Waals surface area (Å²) in [7, 11) is 1.43. The molecule has 2 atom stereocenters. The Hall–Kier alpha value is -1.82. The smallest absolute Gasteiger partial charge is 0.317 e. The number of carbonyl (C=O) groups excluding carboxylic acids is 1. The summed E-state index contributed by atoms with van der Waals surface area (Å²) in [4.78, 5) is 14.1. The second-order valence-electron chi connectivity index (χ2n) is 5.83. The Morgan fingerprint density at radius 1 is 1.52 bits per heavy atom. The normalized spacial score (nSPS) is 18.8. The lowest BCUT2D eigenvalue weighted by atomic mass is 10.1. The highest BCUT2D eigenvalue weighted by Gasteiger charge is 2.27. The van der Waals surface area contributed by atoms with E-state index in [1.165, 1.54) is 13.2 Å². The number of amides is 2. The van der Waals surface area contributed by atoms with E-state index >= 15 is 0 Å². The van der Waals surface area contributed by atoms with Gasteiger partial charge in [-0.1, -0.05) is 6.07 Å². The number of nitrogens with one attached hydrogen (secondary N) is 1. The maximum absolute atomic E-state index is 13.8. The van der Waals surface area contributed by atoms with Crippen molar-refractivity contribution in [2.24, 2.45) is 5.92 Å². The van der Waals surface area contributed by atoms with Crippen molar-refractivity contribution in [3.8, 4) is 5.75 Å². The number of carbonyl (C=O) groups is 1. The molecule has 128 valence electrons. The molecule has 1 aliphatic heterocycles. The Morgan fingerprint density at radius 3 is 2.96 bits per heavy atom. The van der Waals surface area contributed by atoms with Gasteiger partial charge in [-0.3, -0.25) is 0 Å². The highest BCUT2D eigenvalue weighted by molar-refractivity contribution is 5.75. The van der Waals surface area contributed by atoms with Gasteiger partial charge in [0.2, 0.25) is 0 Å². The molecule has 0 saturated carbocycles. The second-order valence-corrected chi connectivity index (χ2v) is 5.83. The predicted molar refractivity (Wildman–Crippen MR) is 86.1 cm³/mol. The van der Waals surface area contributed by atoms with Crippen LogP contribution < -0.4 is 10.1 Å². The Labute approximate surface area is 136 Å². The molecule has 1 heterocycles. The first-order valence-corrected chi connectivity index (χ1v) is 8.01. The summed E-state index contributed by atoms with van der Waals surface area (Å²) in [6.45, 7) is 6.63. The molecule has 6 heteroatoms. The second kappa shape index (κ2) is 8.15. The fraction of sp³-hybridized carbons (Fsp3) is 0.588. The molecule has 1 saturated heterocycles. The van der Waals surface area contributed by atoms with Crippen molar-refractivity contribution in [2.45, 2.75) is 26.3 Å². The third kappa shape index (κ3) is 4.58. The highest BCUT2D eigenvalue weighted by atomic mass is 19.1. The number of nitrogens with zero attached hydrogens (tertiary/aromatic N) is 1. The van der Waals surface area contributed by atoms with Crippen LogP contribution in [0.15, 0.2) is 18.2 Å². The van der Waals surface area contributed by atoms with Crippen LogP contribution in [0.25, 0.3) is 0 Å². The number of hydrogen-bond donors (Lipinski definition) is 1. The van der Waals surface area contributed by atoms with E-state index in [0.29, 0.717) is 31.2 Å². The topological polar surface area (TPSA) is 50.8 Å². The van der Waals surface area contributed by atoms with E-state index < -0.39 is 5.82 Å². The number of methoxy groups -OCH3 is 1. The van der Waals surface area contributed by atoms with Crippen LogP contribution in [0.5, 0.6) is 5.75 Å². The van der Waals surface area contributed by atoms with Crippen molar-refractivity contribution in [1.82, 2.24) is 10.2 Å². The first-order chi connectivity index (χ1) is 11.0. The minimum atomic E-state index is -0.427. The van der Waals surface area contributed by atoms with Gasteiger partial charge in [0.15, 0.2) is 11.6 Å². The number of halogens is 1. The number of rotatable bonds is 6. The first-order valence-electron chi connectivity index (χ1n) is 8.01. The number of likely N-dealkylation sites (tertiary alicyclic amines) is 1. The number of urea groups is 1. The van der Waals surface area contributed by atoms with E-state index in [1.54, 1.807) is 17.0 Å². The maximum atomic E-state index is 13.8. The minimum absolute atomic E-state index is 0.118. The molecule has 0 unspecified atom stereocenters. The van der Waals surface area contributed by atoms with Crippen molar-refractivity contribution in [3.63, 3.8) is 0 Å². The summed E-state index contributed by atoms with van der Waals surface area (Å²) >= 11 is 0. The Kier molecular flexibility index (Phi) is 6.21. The molecule has 1 aromatic carbocycles. The van der Waals surface area contributed by atoms with Crippen molar-refractivity contribution in [3.05, 3.63) is 29.6 Å². The summed E-state index contributed by atoms with van der Waals surface area (Å²) < 4.78 is 24.1. The number of hydrogen-bond acceptors (Lipinski definition) is 3. The van der Waals surface area contributed by atoms with Gasteiger partial charge >= 0.3 is 6.03 Å². The van der Waals surface area contributed by atoms with Gasteiger partial charge in [-0.15, -0.1) is 0 Å². The quantitative estimate of drug-likeness (QED) is 0.875. The van der Waals surface area contributed by atoms with Gasteiger partial charge in [0.25, 0.3) is 0 Å². The summed E-state index contributed by atoms with van der Waals surface area (Å²) in [6.07, 6.45) is 0.957. The third-order valence-electron chi connectivity index (χ3n) is 4.15. The number of ether oxygens (including phenoxy) is 2. The largest absolute Gasteiger partial charge is 0.494 e. The summed E-state index contributed by atoms with van der Waals surface area (Å²) in [5, 5.41) is 2.92. The van der Waals surface area contributed by atoms with E-state index in [4.69, 9.17) is 9.47 Å². The van der Waals surface area contributed by atoms with Gasteiger partial charge in [0.05, 0.1) is 19.8 Å². The SMILES string of the molecule is CCOC[C@H]1CCN(C(=O)N[C@H](C)c2ccc(OC)c(F)c2)C1. The molecule has 0 aromatic heterocycles. The van der Waals surface area contributed by atoms with E-state index in [-0.39, 0.29) is 17.8 Å². The maximum Gasteiger partial charge on any atom is 0.317 e. The molecule has 0 spiro atoms. The van der Waals surface area contributed by atoms with Crippen LogP contribution in [-0.4, -0.2) is 44.3 Å². The standard InChI is InChI=1S/C17H25FN2O3/c1-4-23-11-13-7-8-20(10-13)17(21)19-12(2)14-5-6-16(22-3)15(18)9-14/h5-6,9,12-13H,4,7-8,10-11H2,1-3H3,(H,19,21)/t12-,13+/m1/s1. The Bertz CT molecular complexity index is 539. The van der Waals surface area contributed by atoms with Crippen molar-refractivity contribution >= 4 is 6.03 Å². The molecule has 23 heavy (non-hydrogen) atoms. The molecule has 0 radical (unpaired) electrons. The van der Waals surface area contributed by atoms with E-state index in [0.717, 1.165) is 13.0 Å². The van der Waals surface area contributed by atoms with Crippen LogP contribution in [0.3, 0.4) is 0 Å². The molecule has 2 rings (SSSR count). The van der Waals surface area contributed by atoms with Gasteiger partial charge in [-0.2, -0.15) is 0 Å². The van der Waals surface area contributed by atoms with E-state index in [1.807, 2.05) is 13.8 Å². The van der Waals surface area contributed by atoms with Crippen LogP contribution in [-0.2, 0) is 4.74 Å². The van der Waals surface area contributed by atoms with Gasteiger partial charge < -0.3 is 19.7 Å². The van der Waals surface area contributed by atoms with Gasteiger partial charge in [-0.25, -0.2) is 9.18 Å². The zero-order valence-corrected chi connectivity index (χ0v) is 14.0. The minimum Gasteiger partial charge on any atom is -0.494 e. The van der Waals surface area contributed by atoms with Crippen LogP contribution in [0, 0.1) is 11.7 Å². The number of benzene rings is 1. The van der Waals surface area contributed by atoms with Gasteiger partial charge in [0, 0.05) is 25.6 Å². The Balaban J connectivity index is 1.89. The Morgan fingerprint density at radius 2 is 2.30 bits per heavy atom. The lowest BCUT2D eigenvalue weighted by Gasteiger charge is -2.21. The van der Waals surface area contributed by atoms with Crippen LogP contribution >= 0.6 is 0 Å². The van der Waals surface area contributed by atoms with Gasteiger partial charge in [0.1, 0.15) is 0 Å².